The van der Waals surface area contributed by atoms with E-state index in [-0.39, 0.29) is 11.9 Å². The maximum Gasteiger partial charge on any atom is 0.253 e. The average molecular weight is 262 g/mol. The third kappa shape index (κ3) is 3.92. The Morgan fingerprint density at radius 2 is 2.21 bits per heavy atom. The molecule has 0 saturated carbocycles. The van der Waals surface area contributed by atoms with Crippen LogP contribution < -0.4 is 11.1 Å². The number of anilines is 1. The lowest BCUT2D eigenvalue weighted by atomic mass is 10.0. The van der Waals surface area contributed by atoms with Crippen molar-refractivity contribution in [1.82, 2.24) is 15.2 Å². The normalized spacial score (nSPS) is 17.3. The average Bonchev–Trinajstić information content (AvgIpc) is 2.42. The molecule has 0 spiro atoms. The number of amides is 1. The Morgan fingerprint density at radius 3 is 2.79 bits per heavy atom. The van der Waals surface area contributed by atoms with Crippen LogP contribution in [-0.2, 0) is 0 Å². The third-order valence-corrected chi connectivity index (χ3v) is 3.51. The minimum absolute atomic E-state index is 0.0542. The Bertz CT molecular complexity index is 410. The Balaban J connectivity index is 1.82. The molecule has 1 aliphatic heterocycles. The number of nitrogens with two attached hydrogens (primary N) is 1. The lowest BCUT2D eigenvalue weighted by Crippen LogP contribution is -2.44. The van der Waals surface area contributed by atoms with Gasteiger partial charge in [0.15, 0.2) is 0 Å². The number of carbonyl (C=O) groups is 1. The van der Waals surface area contributed by atoms with Gasteiger partial charge in [-0.25, -0.2) is 4.98 Å². The molecule has 0 atom stereocenters. The van der Waals surface area contributed by atoms with Gasteiger partial charge in [0.05, 0.1) is 5.56 Å². The van der Waals surface area contributed by atoms with Crippen molar-refractivity contribution in [3.8, 4) is 0 Å². The fraction of sp³-hybridized carbons (Fsp3) is 0.571. The van der Waals surface area contributed by atoms with Crippen molar-refractivity contribution in [2.24, 2.45) is 0 Å². The maximum absolute atomic E-state index is 12.0. The molecule has 3 N–H and O–H groups in total. The summed E-state index contributed by atoms with van der Waals surface area (Å²) in [4.78, 5) is 18.4. The molecule has 1 aromatic rings. The maximum atomic E-state index is 12.0. The number of rotatable bonds is 4. The molecule has 0 radical (unpaired) electrons. The molecular weight excluding hydrogens is 240 g/mol. The number of aromatic nitrogens is 1. The van der Waals surface area contributed by atoms with Gasteiger partial charge in [0.25, 0.3) is 5.91 Å². The van der Waals surface area contributed by atoms with Crippen LogP contribution in [0.2, 0.25) is 0 Å². The van der Waals surface area contributed by atoms with E-state index in [1.807, 2.05) is 0 Å². The smallest absolute Gasteiger partial charge is 0.253 e. The van der Waals surface area contributed by atoms with E-state index in [9.17, 15) is 4.79 Å². The van der Waals surface area contributed by atoms with Gasteiger partial charge in [-0.15, -0.1) is 0 Å². The Kier molecular flexibility index (Phi) is 4.74. The largest absolute Gasteiger partial charge is 0.384 e. The van der Waals surface area contributed by atoms with E-state index in [4.69, 9.17) is 5.73 Å². The van der Waals surface area contributed by atoms with E-state index in [0.29, 0.717) is 11.4 Å². The second kappa shape index (κ2) is 6.52. The fourth-order valence-electron chi connectivity index (χ4n) is 2.43. The number of nitrogen functional groups attached to an aromatic ring is 1. The third-order valence-electron chi connectivity index (χ3n) is 3.51. The molecule has 1 fully saturated rings. The second-order valence-corrected chi connectivity index (χ2v) is 5.06. The fourth-order valence-corrected chi connectivity index (χ4v) is 2.43. The summed E-state index contributed by atoms with van der Waals surface area (Å²) in [5.41, 5.74) is 6.08. The SMILES string of the molecule is CCCN1CCC(NC(=O)c2ccc(N)nc2)CC1. The lowest BCUT2D eigenvalue weighted by molar-refractivity contribution is 0.0911. The molecule has 2 heterocycles. The summed E-state index contributed by atoms with van der Waals surface area (Å²) in [5.74, 6) is 0.380. The van der Waals surface area contributed by atoms with Crippen molar-refractivity contribution in [1.29, 1.82) is 0 Å². The Labute approximate surface area is 114 Å². The monoisotopic (exact) mass is 262 g/mol. The summed E-state index contributed by atoms with van der Waals surface area (Å²) < 4.78 is 0. The van der Waals surface area contributed by atoms with E-state index >= 15 is 0 Å². The number of carbonyl (C=O) groups excluding carboxylic acids is 1. The minimum atomic E-state index is -0.0542. The van der Waals surface area contributed by atoms with Gasteiger partial charge in [0.2, 0.25) is 0 Å². The predicted molar refractivity (Wildman–Crippen MR) is 75.9 cm³/mol. The van der Waals surface area contributed by atoms with E-state index < -0.39 is 0 Å². The Hall–Kier alpha value is -1.62. The second-order valence-electron chi connectivity index (χ2n) is 5.06. The molecule has 1 saturated heterocycles. The van der Waals surface area contributed by atoms with Crippen molar-refractivity contribution in [2.45, 2.75) is 32.2 Å². The van der Waals surface area contributed by atoms with Gasteiger partial charge < -0.3 is 16.0 Å². The topological polar surface area (TPSA) is 71.2 Å². The molecule has 2 rings (SSSR count). The van der Waals surface area contributed by atoms with Gasteiger partial charge in [-0.2, -0.15) is 0 Å². The van der Waals surface area contributed by atoms with E-state index in [2.05, 4.69) is 22.1 Å². The van der Waals surface area contributed by atoms with Crippen LogP contribution in [0.15, 0.2) is 18.3 Å². The lowest BCUT2D eigenvalue weighted by Gasteiger charge is -2.32. The van der Waals surface area contributed by atoms with Crippen LogP contribution in [0.5, 0.6) is 0 Å². The number of pyridine rings is 1. The first-order valence-electron chi connectivity index (χ1n) is 6.93. The van der Waals surface area contributed by atoms with Crippen molar-refractivity contribution in [2.75, 3.05) is 25.4 Å². The van der Waals surface area contributed by atoms with Gasteiger partial charge in [0.1, 0.15) is 5.82 Å². The van der Waals surface area contributed by atoms with Gasteiger partial charge in [0, 0.05) is 25.3 Å². The van der Waals surface area contributed by atoms with Gasteiger partial charge >= 0.3 is 0 Å². The van der Waals surface area contributed by atoms with Crippen molar-refractivity contribution >= 4 is 11.7 Å². The molecule has 1 aromatic heterocycles. The van der Waals surface area contributed by atoms with E-state index in [1.165, 1.54) is 12.6 Å². The standard InChI is InChI=1S/C14H22N4O/c1-2-7-18-8-5-12(6-9-18)17-14(19)11-3-4-13(15)16-10-11/h3-4,10,12H,2,5-9H2,1H3,(H2,15,16)(H,17,19). The summed E-state index contributed by atoms with van der Waals surface area (Å²) in [7, 11) is 0. The first-order chi connectivity index (χ1) is 9.19. The van der Waals surface area contributed by atoms with Gasteiger partial charge in [-0.05, 0) is 37.9 Å². The van der Waals surface area contributed by atoms with E-state index in [0.717, 1.165) is 32.5 Å². The molecule has 0 bridgehead atoms. The molecule has 0 aromatic carbocycles. The highest BCUT2D eigenvalue weighted by molar-refractivity contribution is 5.94. The highest BCUT2D eigenvalue weighted by Crippen LogP contribution is 2.11. The molecule has 0 unspecified atom stereocenters. The zero-order valence-electron chi connectivity index (χ0n) is 11.4. The van der Waals surface area contributed by atoms with Crippen molar-refractivity contribution in [3.63, 3.8) is 0 Å². The number of hydrogen-bond acceptors (Lipinski definition) is 4. The molecule has 5 nitrogen and oxygen atoms in total. The first kappa shape index (κ1) is 13.8. The van der Waals surface area contributed by atoms with Crippen LogP contribution >= 0.6 is 0 Å². The van der Waals surface area contributed by atoms with Crippen molar-refractivity contribution in [3.05, 3.63) is 23.9 Å². The highest BCUT2D eigenvalue weighted by atomic mass is 16.1. The summed E-state index contributed by atoms with van der Waals surface area (Å²) >= 11 is 0. The van der Waals surface area contributed by atoms with Crippen LogP contribution in [0.25, 0.3) is 0 Å². The number of nitrogens with zero attached hydrogens (tertiary/aromatic N) is 2. The molecule has 1 aliphatic rings. The molecule has 19 heavy (non-hydrogen) atoms. The van der Waals surface area contributed by atoms with Crippen LogP contribution in [0, 0.1) is 0 Å². The Morgan fingerprint density at radius 1 is 1.47 bits per heavy atom. The molecule has 5 heteroatoms. The quantitative estimate of drug-likeness (QED) is 0.857. The molecule has 0 aliphatic carbocycles. The number of hydrogen-bond donors (Lipinski definition) is 2. The van der Waals surface area contributed by atoms with Crippen LogP contribution in [0.4, 0.5) is 5.82 Å². The minimum Gasteiger partial charge on any atom is -0.384 e. The van der Waals surface area contributed by atoms with Gasteiger partial charge in [-0.3, -0.25) is 4.79 Å². The summed E-state index contributed by atoms with van der Waals surface area (Å²) in [5, 5.41) is 3.07. The molecular formula is C14H22N4O. The number of piperidine rings is 1. The molecule has 1 amide bonds. The highest BCUT2D eigenvalue weighted by Gasteiger charge is 2.20. The molecule has 104 valence electrons. The summed E-state index contributed by atoms with van der Waals surface area (Å²) in [6.45, 7) is 5.49. The van der Waals surface area contributed by atoms with Gasteiger partial charge in [-0.1, -0.05) is 6.92 Å². The van der Waals surface area contributed by atoms with E-state index in [1.54, 1.807) is 12.1 Å². The number of nitrogens with one attached hydrogen (secondary N) is 1. The van der Waals surface area contributed by atoms with Crippen molar-refractivity contribution < 1.29 is 4.79 Å². The van der Waals surface area contributed by atoms with Crippen LogP contribution in [0.1, 0.15) is 36.5 Å². The van der Waals surface area contributed by atoms with Crippen LogP contribution in [0.3, 0.4) is 0 Å². The first-order valence-corrected chi connectivity index (χ1v) is 6.93. The summed E-state index contributed by atoms with van der Waals surface area (Å²) in [6, 6.07) is 3.64. The zero-order chi connectivity index (χ0) is 13.7. The predicted octanol–water partition coefficient (Wildman–Crippen LogP) is 1.27. The summed E-state index contributed by atoms with van der Waals surface area (Å²) in [6.07, 6.45) is 4.76. The van der Waals surface area contributed by atoms with Crippen LogP contribution in [-0.4, -0.2) is 41.5 Å². The number of likely N-dealkylation sites (tertiary alicyclic amines) is 1. The zero-order valence-corrected chi connectivity index (χ0v) is 11.4.